The van der Waals surface area contributed by atoms with Gasteiger partial charge in [-0.15, -0.1) is 0 Å². The Morgan fingerprint density at radius 1 is 1.39 bits per heavy atom. The number of nitrogens with zero attached hydrogens (tertiary/aromatic N) is 2. The highest BCUT2D eigenvalue weighted by Gasteiger charge is 2.12. The fourth-order valence-electron chi connectivity index (χ4n) is 1.86. The third kappa shape index (κ3) is 4.82. The Balaban J connectivity index is 1.90. The van der Waals surface area contributed by atoms with Crippen molar-refractivity contribution < 1.29 is 9.53 Å². The number of carbonyl (C=O) groups excluding carboxylic acids is 1. The molecule has 0 aromatic carbocycles. The van der Waals surface area contributed by atoms with Gasteiger partial charge in [0.15, 0.2) is 0 Å². The zero-order chi connectivity index (χ0) is 16.8. The second-order valence-electron chi connectivity index (χ2n) is 4.90. The first-order valence-electron chi connectivity index (χ1n) is 6.97. The first-order chi connectivity index (χ1) is 11.0. The molecule has 0 radical (unpaired) electrons. The summed E-state index contributed by atoms with van der Waals surface area (Å²) < 4.78 is 5.05. The maximum Gasteiger partial charge on any atom is 0.345 e. The van der Waals surface area contributed by atoms with Gasteiger partial charge in [0, 0.05) is 6.20 Å². The largest absolute Gasteiger partial charge is 0.495 e. The highest BCUT2D eigenvalue weighted by atomic mass is 32.2. The van der Waals surface area contributed by atoms with E-state index in [2.05, 4.69) is 20.3 Å². The first kappa shape index (κ1) is 17.0. The van der Waals surface area contributed by atoms with Crippen LogP contribution in [0.2, 0.25) is 0 Å². The normalized spacial score (nSPS) is 11.8. The predicted molar refractivity (Wildman–Crippen MR) is 87.7 cm³/mol. The van der Waals surface area contributed by atoms with Gasteiger partial charge in [0.2, 0.25) is 5.91 Å². The van der Waals surface area contributed by atoms with E-state index in [-0.39, 0.29) is 17.7 Å². The van der Waals surface area contributed by atoms with E-state index in [0.717, 1.165) is 11.3 Å². The van der Waals surface area contributed by atoms with Gasteiger partial charge in [-0.2, -0.15) is 0 Å². The smallest absolute Gasteiger partial charge is 0.345 e. The molecule has 1 amide bonds. The molecule has 0 fully saturated rings. The van der Waals surface area contributed by atoms with Gasteiger partial charge >= 0.3 is 5.69 Å². The fourth-order valence-corrected chi connectivity index (χ4v) is 2.65. The van der Waals surface area contributed by atoms with Crippen LogP contribution in [0.5, 0.6) is 5.75 Å². The molecule has 0 saturated carbocycles. The molecule has 1 atom stereocenters. The number of H-pyrrole nitrogens is 1. The van der Waals surface area contributed by atoms with Crippen molar-refractivity contribution in [1.82, 2.24) is 20.3 Å². The molecule has 2 N–H and O–H groups in total. The molecule has 0 saturated heterocycles. The van der Waals surface area contributed by atoms with Crippen LogP contribution in [0.4, 0.5) is 0 Å². The number of nitrogens with one attached hydrogen (secondary N) is 2. The van der Waals surface area contributed by atoms with E-state index < -0.39 is 5.69 Å². The summed E-state index contributed by atoms with van der Waals surface area (Å²) in [5.41, 5.74) is 1.15. The molecule has 2 aromatic rings. The van der Waals surface area contributed by atoms with Crippen LogP contribution in [0.15, 0.2) is 34.3 Å². The number of rotatable bonds is 6. The van der Waals surface area contributed by atoms with Crippen molar-refractivity contribution in [2.24, 2.45) is 0 Å². The lowest BCUT2D eigenvalue weighted by molar-refractivity contribution is -0.119. The second-order valence-corrected chi connectivity index (χ2v) is 5.89. The number of methoxy groups -OCH3 is 1. The zero-order valence-electron chi connectivity index (χ0n) is 13.1. The van der Waals surface area contributed by atoms with Crippen molar-refractivity contribution in [2.45, 2.75) is 24.9 Å². The Morgan fingerprint density at radius 3 is 2.83 bits per heavy atom. The molecule has 2 rings (SSSR count). The minimum atomic E-state index is -0.422. The standard InChI is InChI=1S/C15H18N4O3S/c1-9-6-17-15(21)19-14(9)23-8-13(20)18-10(2)12-5-4-11(22-3)7-16-12/h4-7,10H,8H2,1-3H3,(H,18,20)(H,17,19,21)/t10-/m0/s1. The number of ether oxygens (including phenoxy) is 1. The maximum atomic E-state index is 12.0. The number of hydrogen-bond acceptors (Lipinski definition) is 6. The molecule has 7 nitrogen and oxygen atoms in total. The number of amides is 1. The van der Waals surface area contributed by atoms with Gasteiger partial charge in [-0.3, -0.25) is 9.78 Å². The molecule has 8 heteroatoms. The third-order valence-electron chi connectivity index (χ3n) is 3.12. The predicted octanol–water partition coefficient (Wildman–Crippen LogP) is 1.45. The molecule has 0 aliphatic heterocycles. The summed E-state index contributed by atoms with van der Waals surface area (Å²) in [6, 6.07) is 3.39. The fraction of sp³-hybridized carbons (Fsp3) is 0.333. The Kier molecular flexibility index (Phi) is 5.75. The molecule has 0 aliphatic carbocycles. The van der Waals surface area contributed by atoms with Gasteiger partial charge in [0.05, 0.1) is 35.8 Å². The van der Waals surface area contributed by atoms with Crippen LogP contribution in [0.25, 0.3) is 0 Å². The number of aryl methyl sites for hydroxylation is 1. The molecule has 0 bridgehead atoms. The minimum Gasteiger partial charge on any atom is -0.495 e. The number of pyridine rings is 1. The Hall–Kier alpha value is -2.35. The average Bonchev–Trinajstić information content (AvgIpc) is 2.55. The van der Waals surface area contributed by atoms with Crippen LogP contribution in [-0.4, -0.2) is 33.7 Å². The van der Waals surface area contributed by atoms with Crippen LogP contribution in [0.1, 0.15) is 24.2 Å². The summed E-state index contributed by atoms with van der Waals surface area (Å²) >= 11 is 1.26. The lowest BCUT2D eigenvalue weighted by Gasteiger charge is -2.13. The third-order valence-corrected chi connectivity index (χ3v) is 4.24. The molecule has 122 valence electrons. The molecule has 2 heterocycles. The van der Waals surface area contributed by atoms with Crippen LogP contribution < -0.4 is 15.7 Å². The lowest BCUT2D eigenvalue weighted by atomic mass is 10.2. The van der Waals surface area contributed by atoms with Gasteiger partial charge in [-0.1, -0.05) is 11.8 Å². The van der Waals surface area contributed by atoms with Gasteiger partial charge in [-0.05, 0) is 31.5 Å². The van der Waals surface area contributed by atoms with Gasteiger partial charge < -0.3 is 15.0 Å². The monoisotopic (exact) mass is 334 g/mol. The lowest BCUT2D eigenvalue weighted by Crippen LogP contribution is -2.28. The molecule has 0 unspecified atom stereocenters. The summed E-state index contributed by atoms with van der Waals surface area (Å²) in [6.07, 6.45) is 3.10. The van der Waals surface area contributed by atoms with Crippen molar-refractivity contribution in [3.63, 3.8) is 0 Å². The van der Waals surface area contributed by atoms with E-state index in [1.165, 1.54) is 18.0 Å². The maximum absolute atomic E-state index is 12.0. The Labute approximate surface area is 137 Å². The van der Waals surface area contributed by atoms with Crippen molar-refractivity contribution in [2.75, 3.05) is 12.9 Å². The highest BCUT2D eigenvalue weighted by Crippen LogP contribution is 2.18. The van der Waals surface area contributed by atoms with Crippen LogP contribution in [0, 0.1) is 6.92 Å². The average molecular weight is 334 g/mol. The highest BCUT2D eigenvalue weighted by molar-refractivity contribution is 7.99. The number of carbonyl (C=O) groups is 1. The van der Waals surface area contributed by atoms with Gasteiger partial charge in [0.1, 0.15) is 5.75 Å². The van der Waals surface area contributed by atoms with E-state index in [4.69, 9.17) is 4.74 Å². The summed E-state index contributed by atoms with van der Waals surface area (Å²) in [5.74, 6) is 0.721. The van der Waals surface area contributed by atoms with Gasteiger partial charge in [0.25, 0.3) is 0 Å². The van der Waals surface area contributed by atoms with Crippen molar-refractivity contribution in [3.05, 3.63) is 46.3 Å². The van der Waals surface area contributed by atoms with Crippen molar-refractivity contribution >= 4 is 17.7 Å². The first-order valence-corrected chi connectivity index (χ1v) is 7.96. The van der Waals surface area contributed by atoms with E-state index in [9.17, 15) is 9.59 Å². The van der Waals surface area contributed by atoms with Crippen molar-refractivity contribution in [1.29, 1.82) is 0 Å². The minimum absolute atomic E-state index is 0.142. The molecular formula is C15H18N4O3S. The Bertz CT molecular complexity index is 730. The zero-order valence-corrected chi connectivity index (χ0v) is 13.9. The van der Waals surface area contributed by atoms with Gasteiger partial charge in [-0.25, -0.2) is 9.78 Å². The number of hydrogen-bond donors (Lipinski definition) is 2. The molecular weight excluding hydrogens is 316 g/mol. The number of aromatic nitrogens is 3. The molecule has 2 aromatic heterocycles. The topological polar surface area (TPSA) is 97.0 Å². The molecule has 0 spiro atoms. The second kappa shape index (κ2) is 7.77. The van der Waals surface area contributed by atoms with E-state index >= 15 is 0 Å². The van der Waals surface area contributed by atoms with E-state index in [1.807, 2.05) is 13.8 Å². The molecule has 23 heavy (non-hydrogen) atoms. The summed E-state index contributed by atoms with van der Waals surface area (Å²) in [4.78, 5) is 33.7. The molecule has 0 aliphatic rings. The van der Waals surface area contributed by atoms with Crippen LogP contribution in [-0.2, 0) is 4.79 Å². The summed E-state index contributed by atoms with van der Waals surface area (Å²) in [6.45, 7) is 3.68. The summed E-state index contributed by atoms with van der Waals surface area (Å²) in [7, 11) is 1.57. The van der Waals surface area contributed by atoms with Crippen LogP contribution in [0.3, 0.4) is 0 Å². The van der Waals surface area contributed by atoms with E-state index in [0.29, 0.717) is 10.8 Å². The Morgan fingerprint density at radius 2 is 2.17 bits per heavy atom. The number of thioether (sulfide) groups is 1. The number of aromatic amines is 1. The quantitative estimate of drug-likeness (QED) is 0.613. The van der Waals surface area contributed by atoms with Crippen LogP contribution >= 0.6 is 11.8 Å². The van der Waals surface area contributed by atoms with E-state index in [1.54, 1.807) is 25.4 Å². The summed E-state index contributed by atoms with van der Waals surface area (Å²) in [5, 5.41) is 3.52. The SMILES string of the molecule is COc1ccc([C@H](C)NC(=O)CSc2[nH]c(=O)ncc2C)nc1. The van der Waals surface area contributed by atoms with Crippen molar-refractivity contribution in [3.8, 4) is 5.75 Å².